The van der Waals surface area contributed by atoms with E-state index in [2.05, 4.69) is 15.3 Å². The van der Waals surface area contributed by atoms with Gasteiger partial charge < -0.3 is 25.4 Å². The molecule has 0 atom stereocenters. The summed E-state index contributed by atoms with van der Waals surface area (Å²) in [5, 5.41) is 3.22. The fourth-order valence-corrected chi connectivity index (χ4v) is 2.67. The van der Waals surface area contributed by atoms with E-state index in [1.165, 1.54) is 0 Å². The summed E-state index contributed by atoms with van der Waals surface area (Å²) >= 11 is 0. The molecule has 0 unspecified atom stereocenters. The van der Waals surface area contributed by atoms with Crippen molar-refractivity contribution < 1.29 is 14.3 Å². The third-order valence-electron chi connectivity index (χ3n) is 3.96. The quantitative estimate of drug-likeness (QED) is 0.360. The second-order valence-corrected chi connectivity index (χ2v) is 6.48. The zero-order valence-electron chi connectivity index (χ0n) is 16.2. The third kappa shape index (κ3) is 8.19. The maximum absolute atomic E-state index is 11.7. The number of piperidine rings is 1. The monoisotopic (exact) mass is 491 g/mol. The van der Waals surface area contributed by atoms with Crippen LogP contribution < -0.4 is 15.8 Å². The van der Waals surface area contributed by atoms with Gasteiger partial charge in [0.1, 0.15) is 0 Å². The predicted molar refractivity (Wildman–Crippen MR) is 115 cm³/mol. The van der Waals surface area contributed by atoms with Crippen LogP contribution in [0.25, 0.3) is 0 Å². The van der Waals surface area contributed by atoms with Gasteiger partial charge in [-0.05, 0) is 39.2 Å². The minimum absolute atomic E-state index is 0. The van der Waals surface area contributed by atoms with Gasteiger partial charge in [-0.1, -0.05) is 6.07 Å². The second kappa shape index (κ2) is 11.8. The van der Waals surface area contributed by atoms with E-state index in [-0.39, 0.29) is 42.2 Å². The topological polar surface area (TPSA) is 102 Å². The molecule has 1 aromatic rings. The summed E-state index contributed by atoms with van der Waals surface area (Å²) in [5.41, 5.74) is 6.94. The Kier molecular flexibility index (Phi) is 10.2. The van der Waals surface area contributed by atoms with E-state index >= 15 is 0 Å². The maximum Gasteiger partial charge on any atom is 0.409 e. The number of hydrogen-bond acceptors (Lipinski definition) is 5. The largest absolute Gasteiger partial charge is 0.475 e. The lowest BCUT2D eigenvalue weighted by atomic mass is 10.1. The minimum atomic E-state index is -0.245. The van der Waals surface area contributed by atoms with E-state index in [0.717, 1.165) is 18.4 Å². The average molecular weight is 491 g/mol. The van der Waals surface area contributed by atoms with Crippen LogP contribution in [0.4, 0.5) is 4.79 Å². The molecule has 2 heterocycles. The van der Waals surface area contributed by atoms with Gasteiger partial charge >= 0.3 is 6.09 Å². The predicted octanol–water partition coefficient (Wildman–Crippen LogP) is 2.51. The van der Waals surface area contributed by atoms with Crippen LogP contribution in [-0.4, -0.2) is 53.8 Å². The first-order valence-corrected chi connectivity index (χ1v) is 9.07. The van der Waals surface area contributed by atoms with E-state index in [1.807, 2.05) is 32.9 Å². The van der Waals surface area contributed by atoms with Crippen molar-refractivity contribution in [2.75, 3.05) is 19.7 Å². The Labute approximate surface area is 177 Å². The highest BCUT2D eigenvalue weighted by molar-refractivity contribution is 14.0. The van der Waals surface area contributed by atoms with Crippen molar-refractivity contribution in [3.63, 3.8) is 0 Å². The SMILES string of the molecule is CCOC(=O)N1CCC(NC(N)=NCc2ccc(OC(C)C)nc2)CC1.I. The molecule has 9 heteroatoms. The summed E-state index contributed by atoms with van der Waals surface area (Å²) in [6.45, 7) is 7.90. The number of guanidine groups is 1. The number of amides is 1. The van der Waals surface area contributed by atoms with E-state index in [1.54, 1.807) is 11.1 Å². The highest BCUT2D eigenvalue weighted by atomic mass is 127. The minimum Gasteiger partial charge on any atom is -0.475 e. The number of nitrogens with one attached hydrogen (secondary N) is 1. The smallest absolute Gasteiger partial charge is 0.409 e. The lowest BCUT2D eigenvalue weighted by Gasteiger charge is -2.31. The molecule has 3 N–H and O–H groups in total. The van der Waals surface area contributed by atoms with Crippen molar-refractivity contribution in [3.8, 4) is 5.88 Å². The van der Waals surface area contributed by atoms with Gasteiger partial charge in [-0.25, -0.2) is 14.8 Å². The van der Waals surface area contributed by atoms with Gasteiger partial charge in [0, 0.05) is 31.4 Å². The molecule has 0 saturated carbocycles. The number of likely N-dealkylation sites (tertiary alicyclic amines) is 1. The Morgan fingerprint density at radius 1 is 1.41 bits per heavy atom. The Balaban J connectivity index is 0.00000364. The summed E-state index contributed by atoms with van der Waals surface area (Å²) in [7, 11) is 0. The van der Waals surface area contributed by atoms with Crippen molar-refractivity contribution in [2.24, 2.45) is 10.7 Å². The molecule has 1 aromatic heterocycles. The number of carbonyl (C=O) groups is 1. The first kappa shape index (κ1) is 23.3. The zero-order valence-corrected chi connectivity index (χ0v) is 18.5. The number of rotatable bonds is 6. The average Bonchev–Trinajstić information content (AvgIpc) is 2.61. The molecule has 0 bridgehead atoms. The molecule has 0 spiro atoms. The van der Waals surface area contributed by atoms with Crippen LogP contribution in [-0.2, 0) is 11.3 Å². The number of hydrogen-bond donors (Lipinski definition) is 2. The lowest BCUT2D eigenvalue weighted by Crippen LogP contribution is -2.48. The van der Waals surface area contributed by atoms with Gasteiger partial charge in [-0.15, -0.1) is 24.0 Å². The number of nitrogens with zero attached hydrogens (tertiary/aromatic N) is 3. The van der Waals surface area contributed by atoms with E-state index in [9.17, 15) is 4.79 Å². The van der Waals surface area contributed by atoms with Crippen LogP contribution in [0.5, 0.6) is 5.88 Å². The molecule has 8 nitrogen and oxygen atoms in total. The van der Waals surface area contributed by atoms with Crippen molar-refractivity contribution in [3.05, 3.63) is 23.9 Å². The fourth-order valence-electron chi connectivity index (χ4n) is 2.67. The Morgan fingerprint density at radius 3 is 2.67 bits per heavy atom. The fraction of sp³-hybridized carbons (Fsp3) is 0.611. The van der Waals surface area contributed by atoms with E-state index in [4.69, 9.17) is 15.2 Å². The molecule has 152 valence electrons. The van der Waals surface area contributed by atoms with Gasteiger partial charge in [-0.2, -0.15) is 0 Å². The number of carbonyl (C=O) groups excluding carboxylic acids is 1. The number of halogens is 1. The summed E-state index contributed by atoms with van der Waals surface area (Å²) in [4.78, 5) is 22.0. The van der Waals surface area contributed by atoms with Crippen LogP contribution in [0.15, 0.2) is 23.3 Å². The molecule has 1 saturated heterocycles. The highest BCUT2D eigenvalue weighted by Gasteiger charge is 2.23. The van der Waals surface area contributed by atoms with Crippen LogP contribution in [0.2, 0.25) is 0 Å². The molecule has 0 aliphatic carbocycles. The Morgan fingerprint density at radius 2 is 2.11 bits per heavy atom. The Hall–Kier alpha value is -1.78. The van der Waals surface area contributed by atoms with Crippen LogP contribution in [0.1, 0.15) is 39.2 Å². The van der Waals surface area contributed by atoms with Crippen LogP contribution >= 0.6 is 24.0 Å². The van der Waals surface area contributed by atoms with Gasteiger partial charge in [0.05, 0.1) is 19.3 Å². The van der Waals surface area contributed by atoms with E-state index in [0.29, 0.717) is 38.1 Å². The van der Waals surface area contributed by atoms with Gasteiger partial charge in [0.25, 0.3) is 0 Å². The Bertz CT molecular complexity index is 602. The molecule has 1 aliphatic heterocycles. The first-order chi connectivity index (χ1) is 12.5. The molecule has 2 rings (SSSR count). The number of aliphatic imine (C=N–C) groups is 1. The normalized spacial score (nSPS) is 15.3. The molecule has 1 amide bonds. The van der Waals surface area contributed by atoms with E-state index < -0.39 is 0 Å². The molecular formula is C18H30IN5O3. The van der Waals surface area contributed by atoms with Crippen molar-refractivity contribution in [1.82, 2.24) is 15.2 Å². The first-order valence-electron chi connectivity index (χ1n) is 9.07. The van der Waals surface area contributed by atoms with Crippen molar-refractivity contribution in [1.29, 1.82) is 0 Å². The number of ether oxygens (including phenoxy) is 2. The summed E-state index contributed by atoms with van der Waals surface area (Å²) in [5.74, 6) is 1.01. The molecule has 27 heavy (non-hydrogen) atoms. The number of nitrogens with two attached hydrogens (primary N) is 1. The molecule has 0 aromatic carbocycles. The maximum atomic E-state index is 11.7. The van der Waals surface area contributed by atoms with Gasteiger partial charge in [0.15, 0.2) is 5.96 Å². The van der Waals surface area contributed by atoms with Gasteiger partial charge in [0.2, 0.25) is 5.88 Å². The summed E-state index contributed by atoms with van der Waals surface area (Å²) in [6, 6.07) is 3.98. The van der Waals surface area contributed by atoms with Crippen molar-refractivity contribution in [2.45, 2.75) is 52.3 Å². The summed E-state index contributed by atoms with van der Waals surface area (Å²) < 4.78 is 10.5. The third-order valence-corrected chi connectivity index (χ3v) is 3.96. The molecule has 0 radical (unpaired) electrons. The van der Waals surface area contributed by atoms with Gasteiger partial charge in [-0.3, -0.25) is 0 Å². The molecule has 1 aliphatic rings. The summed E-state index contributed by atoms with van der Waals surface area (Å²) in [6.07, 6.45) is 3.23. The number of pyridine rings is 1. The molecule has 1 fully saturated rings. The standard InChI is InChI=1S/C18H29N5O3.HI/c1-4-25-18(24)23-9-7-15(8-10-23)22-17(19)21-12-14-5-6-16(20-11-14)26-13(2)3;/h5-6,11,13,15H,4,7-10,12H2,1-3H3,(H3,19,21,22);1H. The van der Waals surface area contributed by atoms with Crippen LogP contribution in [0.3, 0.4) is 0 Å². The molecular weight excluding hydrogens is 461 g/mol. The highest BCUT2D eigenvalue weighted by Crippen LogP contribution is 2.12. The van der Waals surface area contributed by atoms with Crippen molar-refractivity contribution >= 4 is 36.0 Å². The van der Waals surface area contributed by atoms with Crippen LogP contribution in [0, 0.1) is 0 Å². The zero-order chi connectivity index (χ0) is 18.9. The number of aromatic nitrogens is 1. The lowest BCUT2D eigenvalue weighted by molar-refractivity contribution is 0.0963. The second-order valence-electron chi connectivity index (χ2n) is 6.48.